The summed E-state index contributed by atoms with van der Waals surface area (Å²) in [6, 6.07) is 4.45. The van der Waals surface area contributed by atoms with Gasteiger partial charge in [0, 0.05) is 6.54 Å². The molecular weight excluding hydrogens is 223 g/mol. The van der Waals surface area contributed by atoms with E-state index in [4.69, 9.17) is 5.11 Å². The van der Waals surface area contributed by atoms with Gasteiger partial charge in [-0.3, -0.25) is 0 Å². The van der Waals surface area contributed by atoms with Crippen molar-refractivity contribution in [3.8, 4) is 0 Å². The molecule has 0 radical (unpaired) electrons. The zero-order valence-corrected chi connectivity index (χ0v) is 9.64. The lowest BCUT2D eigenvalue weighted by atomic mass is 10.2. The van der Waals surface area contributed by atoms with Crippen molar-refractivity contribution in [3.05, 3.63) is 29.8 Å². The molecular formula is C12H13FN2O2. The molecule has 0 bridgehead atoms. The predicted molar refractivity (Wildman–Crippen MR) is 61.5 cm³/mol. The maximum Gasteiger partial charge on any atom is 0.372 e. The van der Waals surface area contributed by atoms with Gasteiger partial charge in [-0.05, 0) is 18.1 Å². The van der Waals surface area contributed by atoms with Crippen LogP contribution in [0.5, 0.6) is 0 Å². The van der Waals surface area contributed by atoms with Crippen LogP contribution in [0.3, 0.4) is 0 Å². The Morgan fingerprint density at radius 3 is 2.82 bits per heavy atom. The first kappa shape index (κ1) is 11.6. The van der Waals surface area contributed by atoms with Crippen molar-refractivity contribution in [2.75, 3.05) is 0 Å². The third-order valence-electron chi connectivity index (χ3n) is 2.46. The minimum Gasteiger partial charge on any atom is -0.475 e. The zero-order chi connectivity index (χ0) is 12.6. The molecule has 2 aromatic rings. The van der Waals surface area contributed by atoms with Crippen LogP contribution in [0.15, 0.2) is 18.2 Å². The standard InChI is InChI=1S/C12H13FN2O2/c1-7(2)6-15-10-8(13)4-3-5-9(10)14-11(15)12(16)17/h3-5,7H,6H2,1-2H3,(H,16,17). The van der Waals surface area contributed by atoms with Crippen LogP contribution in [0.25, 0.3) is 11.0 Å². The van der Waals surface area contributed by atoms with E-state index in [9.17, 15) is 9.18 Å². The van der Waals surface area contributed by atoms with E-state index in [1.54, 1.807) is 6.07 Å². The molecule has 17 heavy (non-hydrogen) atoms. The third kappa shape index (κ3) is 2.00. The van der Waals surface area contributed by atoms with Gasteiger partial charge in [-0.2, -0.15) is 0 Å². The number of hydrogen-bond acceptors (Lipinski definition) is 2. The number of halogens is 1. The third-order valence-corrected chi connectivity index (χ3v) is 2.46. The Bertz CT molecular complexity index is 575. The van der Waals surface area contributed by atoms with Gasteiger partial charge in [-0.1, -0.05) is 19.9 Å². The van der Waals surface area contributed by atoms with Crippen molar-refractivity contribution >= 4 is 17.0 Å². The lowest BCUT2D eigenvalue weighted by Crippen LogP contribution is -2.13. The number of para-hydroxylation sites is 1. The largest absolute Gasteiger partial charge is 0.475 e. The smallest absolute Gasteiger partial charge is 0.372 e. The predicted octanol–water partition coefficient (Wildman–Crippen LogP) is 2.53. The molecule has 1 heterocycles. The maximum absolute atomic E-state index is 13.7. The van der Waals surface area contributed by atoms with Gasteiger partial charge >= 0.3 is 5.97 Å². The number of aromatic carboxylic acids is 1. The minimum atomic E-state index is -1.14. The number of fused-ring (bicyclic) bond motifs is 1. The van der Waals surface area contributed by atoms with Crippen molar-refractivity contribution in [1.82, 2.24) is 9.55 Å². The summed E-state index contributed by atoms with van der Waals surface area (Å²) >= 11 is 0. The van der Waals surface area contributed by atoms with Gasteiger partial charge in [-0.25, -0.2) is 14.2 Å². The first-order chi connectivity index (χ1) is 8.00. The van der Waals surface area contributed by atoms with Crippen LogP contribution in [0.4, 0.5) is 4.39 Å². The van der Waals surface area contributed by atoms with Crippen LogP contribution in [0.2, 0.25) is 0 Å². The highest BCUT2D eigenvalue weighted by Gasteiger charge is 2.19. The van der Waals surface area contributed by atoms with Crippen molar-refractivity contribution in [2.24, 2.45) is 5.92 Å². The number of benzene rings is 1. The molecule has 0 saturated heterocycles. The number of carbonyl (C=O) groups is 1. The maximum atomic E-state index is 13.7. The van der Waals surface area contributed by atoms with Crippen LogP contribution in [0, 0.1) is 11.7 Å². The first-order valence-electron chi connectivity index (χ1n) is 5.38. The highest BCUT2D eigenvalue weighted by molar-refractivity contribution is 5.90. The van der Waals surface area contributed by atoms with Gasteiger partial charge in [-0.15, -0.1) is 0 Å². The van der Waals surface area contributed by atoms with Crippen molar-refractivity contribution in [1.29, 1.82) is 0 Å². The summed E-state index contributed by atoms with van der Waals surface area (Å²) in [5.74, 6) is -1.48. The number of carboxylic acids is 1. The van der Waals surface area contributed by atoms with Crippen LogP contribution in [-0.2, 0) is 6.54 Å². The lowest BCUT2D eigenvalue weighted by molar-refractivity contribution is 0.0678. The topological polar surface area (TPSA) is 55.1 Å². The fourth-order valence-corrected chi connectivity index (χ4v) is 1.85. The van der Waals surface area contributed by atoms with Gasteiger partial charge in [0.1, 0.15) is 11.3 Å². The molecule has 0 saturated carbocycles. The van der Waals surface area contributed by atoms with Crippen LogP contribution >= 0.6 is 0 Å². The van der Waals surface area contributed by atoms with Crippen molar-refractivity contribution in [2.45, 2.75) is 20.4 Å². The summed E-state index contributed by atoms with van der Waals surface area (Å²) in [4.78, 5) is 15.0. The Hall–Kier alpha value is -1.91. The number of rotatable bonds is 3. The average Bonchev–Trinajstić information content (AvgIpc) is 2.57. The molecule has 0 fully saturated rings. The van der Waals surface area contributed by atoms with Crippen LogP contribution in [0.1, 0.15) is 24.5 Å². The second-order valence-corrected chi connectivity index (χ2v) is 4.35. The molecule has 1 N–H and O–H groups in total. The van der Waals surface area contributed by atoms with E-state index in [1.807, 2.05) is 13.8 Å². The molecule has 0 aliphatic heterocycles. The van der Waals surface area contributed by atoms with Crippen molar-refractivity contribution in [3.63, 3.8) is 0 Å². The summed E-state index contributed by atoms with van der Waals surface area (Å²) in [5, 5.41) is 9.06. The van der Waals surface area contributed by atoms with Gasteiger partial charge in [0.2, 0.25) is 5.82 Å². The number of nitrogens with zero attached hydrogens (tertiary/aromatic N) is 2. The van der Waals surface area contributed by atoms with E-state index >= 15 is 0 Å². The molecule has 0 unspecified atom stereocenters. The second kappa shape index (κ2) is 4.16. The van der Waals surface area contributed by atoms with E-state index in [1.165, 1.54) is 16.7 Å². The molecule has 1 aromatic carbocycles. The Kier molecular flexibility index (Phi) is 2.83. The molecule has 5 heteroatoms. The SMILES string of the molecule is CC(C)Cn1c(C(=O)O)nc2cccc(F)c21. The Labute approximate surface area is 97.7 Å². The zero-order valence-electron chi connectivity index (χ0n) is 9.64. The Morgan fingerprint density at radius 2 is 2.24 bits per heavy atom. The molecule has 1 aromatic heterocycles. The Balaban J connectivity index is 2.73. The first-order valence-corrected chi connectivity index (χ1v) is 5.38. The van der Waals surface area contributed by atoms with E-state index in [2.05, 4.69) is 4.98 Å². The van der Waals surface area contributed by atoms with E-state index in [0.717, 1.165) is 0 Å². The molecule has 0 aliphatic rings. The molecule has 0 atom stereocenters. The fourth-order valence-electron chi connectivity index (χ4n) is 1.85. The van der Waals surface area contributed by atoms with Gasteiger partial charge in [0.15, 0.2) is 0 Å². The molecule has 0 spiro atoms. The van der Waals surface area contributed by atoms with Crippen LogP contribution < -0.4 is 0 Å². The van der Waals surface area contributed by atoms with Crippen molar-refractivity contribution < 1.29 is 14.3 Å². The van der Waals surface area contributed by atoms with E-state index in [-0.39, 0.29) is 17.3 Å². The molecule has 0 aliphatic carbocycles. The molecule has 4 nitrogen and oxygen atoms in total. The minimum absolute atomic E-state index is 0.112. The summed E-state index contributed by atoms with van der Waals surface area (Å²) < 4.78 is 15.1. The summed E-state index contributed by atoms with van der Waals surface area (Å²) in [6.07, 6.45) is 0. The molecule has 90 valence electrons. The van der Waals surface area contributed by atoms with Gasteiger partial charge < -0.3 is 9.67 Å². The Morgan fingerprint density at radius 1 is 1.53 bits per heavy atom. The highest BCUT2D eigenvalue weighted by atomic mass is 19.1. The van der Waals surface area contributed by atoms with Gasteiger partial charge in [0.05, 0.1) is 5.52 Å². The monoisotopic (exact) mass is 236 g/mol. The fraction of sp³-hybridized carbons (Fsp3) is 0.333. The van der Waals surface area contributed by atoms with E-state index < -0.39 is 11.8 Å². The number of aromatic nitrogens is 2. The lowest BCUT2D eigenvalue weighted by Gasteiger charge is -2.09. The quantitative estimate of drug-likeness (QED) is 0.890. The number of carboxylic acid groups (broad SMARTS) is 1. The normalized spacial score (nSPS) is 11.3. The summed E-state index contributed by atoms with van der Waals surface area (Å²) in [5.41, 5.74) is 0.640. The summed E-state index contributed by atoms with van der Waals surface area (Å²) in [6.45, 7) is 4.32. The number of hydrogen-bond donors (Lipinski definition) is 1. The molecule has 0 amide bonds. The second-order valence-electron chi connectivity index (χ2n) is 4.35. The highest BCUT2D eigenvalue weighted by Crippen LogP contribution is 2.20. The molecule has 2 rings (SSSR count). The number of imidazole rings is 1. The summed E-state index contributed by atoms with van der Waals surface area (Å²) in [7, 11) is 0. The van der Waals surface area contributed by atoms with Gasteiger partial charge in [0.25, 0.3) is 0 Å². The van der Waals surface area contributed by atoms with Crippen LogP contribution in [-0.4, -0.2) is 20.6 Å². The average molecular weight is 236 g/mol. The van der Waals surface area contributed by atoms with E-state index in [0.29, 0.717) is 12.1 Å².